The van der Waals surface area contributed by atoms with Crippen LogP contribution in [0.1, 0.15) is 39.5 Å². The van der Waals surface area contributed by atoms with E-state index in [0.717, 1.165) is 24.8 Å². The van der Waals surface area contributed by atoms with Gasteiger partial charge in [0.1, 0.15) is 6.61 Å². The molecule has 2 N–H and O–H groups in total. The highest BCUT2D eigenvalue weighted by atomic mass is 16.5. The van der Waals surface area contributed by atoms with Crippen LogP contribution in [0.4, 0.5) is 0 Å². The summed E-state index contributed by atoms with van der Waals surface area (Å²) in [5, 5.41) is 20.3. The van der Waals surface area contributed by atoms with Crippen molar-refractivity contribution in [2.24, 2.45) is 16.7 Å². The van der Waals surface area contributed by atoms with Crippen molar-refractivity contribution in [1.82, 2.24) is 0 Å². The van der Waals surface area contributed by atoms with Gasteiger partial charge in [0.05, 0.1) is 6.10 Å². The number of carbonyl (C=O) groups excluding carboxylic acids is 1. The largest absolute Gasteiger partial charge is 0.458 e. The van der Waals surface area contributed by atoms with E-state index in [-0.39, 0.29) is 29.3 Å². The second-order valence-electron chi connectivity index (χ2n) is 6.87. The van der Waals surface area contributed by atoms with Gasteiger partial charge >= 0.3 is 5.97 Å². The molecule has 4 heteroatoms. The van der Waals surface area contributed by atoms with Gasteiger partial charge in [0.25, 0.3) is 0 Å². The molecule has 4 atom stereocenters. The van der Waals surface area contributed by atoms with Crippen molar-refractivity contribution in [3.05, 3.63) is 11.1 Å². The molecule has 1 saturated carbocycles. The summed E-state index contributed by atoms with van der Waals surface area (Å²) in [6, 6.07) is 0. The summed E-state index contributed by atoms with van der Waals surface area (Å²) in [5.41, 5.74) is 1.28. The molecule has 106 valence electrons. The number of fused-ring (bicyclic) bond motifs is 2. The Morgan fingerprint density at radius 3 is 2.79 bits per heavy atom. The van der Waals surface area contributed by atoms with Crippen molar-refractivity contribution in [3.8, 4) is 0 Å². The molecule has 1 aliphatic heterocycles. The van der Waals surface area contributed by atoms with E-state index >= 15 is 0 Å². The van der Waals surface area contributed by atoms with Crippen LogP contribution < -0.4 is 0 Å². The molecule has 0 bridgehead atoms. The maximum absolute atomic E-state index is 11.8. The van der Waals surface area contributed by atoms with Crippen molar-refractivity contribution >= 4 is 5.97 Å². The fourth-order valence-corrected chi connectivity index (χ4v) is 4.82. The number of rotatable bonds is 1. The molecule has 3 rings (SSSR count). The number of esters is 1. The lowest BCUT2D eigenvalue weighted by Crippen LogP contribution is -2.54. The molecule has 3 aliphatic rings. The van der Waals surface area contributed by atoms with Gasteiger partial charge in [0, 0.05) is 24.5 Å². The Kier molecular flexibility index (Phi) is 2.81. The molecule has 0 amide bonds. The van der Waals surface area contributed by atoms with E-state index in [4.69, 9.17) is 4.74 Å². The first-order valence-electron chi connectivity index (χ1n) is 7.11. The standard InChI is InChI=1S/C15H22O4/c1-14(8-16)4-3-5-15(2)10-7-19-13(18)9(10)6-11(17)12(14)15/h11-12,16-17H,3-8H2,1-2H3/t11-,12-,14-,15-/m0/s1. The SMILES string of the molecule is C[C@@]1(CO)CCC[C@@]2(C)C3=C(C[C@H](O)[C@@H]12)C(=O)OC3. The van der Waals surface area contributed by atoms with Crippen molar-refractivity contribution in [2.75, 3.05) is 13.2 Å². The lowest BCUT2D eigenvalue weighted by molar-refractivity contribution is -0.136. The Bertz CT molecular complexity index is 455. The highest BCUT2D eigenvalue weighted by Gasteiger charge is 2.58. The highest BCUT2D eigenvalue weighted by molar-refractivity contribution is 5.92. The summed E-state index contributed by atoms with van der Waals surface area (Å²) in [6.07, 6.45) is 2.72. The van der Waals surface area contributed by atoms with E-state index < -0.39 is 6.10 Å². The van der Waals surface area contributed by atoms with Crippen LogP contribution in [0.5, 0.6) is 0 Å². The molecule has 19 heavy (non-hydrogen) atoms. The normalized spacial score (nSPS) is 45.8. The number of aliphatic hydroxyl groups excluding tert-OH is 2. The van der Waals surface area contributed by atoms with E-state index in [9.17, 15) is 15.0 Å². The third-order valence-electron chi connectivity index (χ3n) is 5.69. The van der Waals surface area contributed by atoms with Crippen molar-refractivity contribution in [3.63, 3.8) is 0 Å². The van der Waals surface area contributed by atoms with Crippen molar-refractivity contribution < 1.29 is 19.7 Å². The topological polar surface area (TPSA) is 66.8 Å². The van der Waals surface area contributed by atoms with Gasteiger partial charge in [-0.05, 0) is 29.2 Å². The molecule has 0 saturated heterocycles. The predicted octanol–water partition coefficient (Wildman–Crippen LogP) is 1.41. The van der Waals surface area contributed by atoms with E-state index in [0.29, 0.717) is 18.6 Å². The van der Waals surface area contributed by atoms with Gasteiger partial charge in [-0.1, -0.05) is 20.3 Å². The quantitative estimate of drug-likeness (QED) is 0.704. The van der Waals surface area contributed by atoms with Crippen LogP contribution in [0.3, 0.4) is 0 Å². The lowest BCUT2D eigenvalue weighted by Gasteiger charge is -2.56. The number of cyclic esters (lactones) is 1. The van der Waals surface area contributed by atoms with E-state index in [1.807, 2.05) is 0 Å². The van der Waals surface area contributed by atoms with Crippen LogP contribution in [-0.4, -0.2) is 35.5 Å². The number of hydrogen-bond donors (Lipinski definition) is 2. The molecule has 4 nitrogen and oxygen atoms in total. The molecular weight excluding hydrogens is 244 g/mol. The first-order chi connectivity index (χ1) is 8.92. The smallest absolute Gasteiger partial charge is 0.334 e. The van der Waals surface area contributed by atoms with E-state index in [1.165, 1.54) is 0 Å². The summed E-state index contributed by atoms with van der Waals surface area (Å²) in [5.74, 6) is -0.253. The van der Waals surface area contributed by atoms with Crippen LogP contribution in [-0.2, 0) is 9.53 Å². The molecule has 1 fully saturated rings. The average Bonchev–Trinajstić information content (AvgIpc) is 2.71. The van der Waals surface area contributed by atoms with Crippen LogP contribution in [0.2, 0.25) is 0 Å². The van der Waals surface area contributed by atoms with Crippen LogP contribution in [0, 0.1) is 16.7 Å². The lowest BCUT2D eigenvalue weighted by atomic mass is 9.49. The van der Waals surface area contributed by atoms with Gasteiger partial charge in [-0.25, -0.2) is 4.79 Å². The Morgan fingerprint density at radius 2 is 2.11 bits per heavy atom. The summed E-state index contributed by atoms with van der Waals surface area (Å²) < 4.78 is 5.18. The Morgan fingerprint density at radius 1 is 1.37 bits per heavy atom. The monoisotopic (exact) mass is 266 g/mol. The van der Waals surface area contributed by atoms with Gasteiger partial charge in [0.15, 0.2) is 0 Å². The Balaban J connectivity index is 2.10. The fourth-order valence-electron chi connectivity index (χ4n) is 4.82. The molecule has 0 radical (unpaired) electrons. The van der Waals surface area contributed by atoms with Crippen LogP contribution in [0.15, 0.2) is 11.1 Å². The minimum atomic E-state index is -0.563. The maximum atomic E-state index is 11.8. The summed E-state index contributed by atoms with van der Waals surface area (Å²) in [4.78, 5) is 11.8. The zero-order valence-corrected chi connectivity index (χ0v) is 11.6. The summed E-state index contributed by atoms with van der Waals surface area (Å²) in [7, 11) is 0. The van der Waals surface area contributed by atoms with Crippen LogP contribution in [0.25, 0.3) is 0 Å². The highest BCUT2D eigenvalue weighted by Crippen LogP contribution is 2.60. The molecule has 0 aromatic carbocycles. The molecule has 2 aliphatic carbocycles. The number of aliphatic hydroxyl groups is 2. The Labute approximate surface area is 113 Å². The second-order valence-corrected chi connectivity index (χ2v) is 6.87. The minimum absolute atomic E-state index is 0.00648. The molecule has 0 spiro atoms. The second kappa shape index (κ2) is 4.06. The molecule has 0 unspecified atom stereocenters. The van der Waals surface area contributed by atoms with Crippen molar-refractivity contribution in [1.29, 1.82) is 0 Å². The van der Waals surface area contributed by atoms with Gasteiger partial charge in [-0.3, -0.25) is 0 Å². The van der Waals surface area contributed by atoms with Crippen LogP contribution >= 0.6 is 0 Å². The zero-order valence-electron chi connectivity index (χ0n) is 11.6. The average molecular weight is 266 g/mol. The van der Waals surface area contributed by atoms with Gasteiger partial charge in [0.2, 0.25) is 0 Å². The third-order valence-corrected chi connectivity index (χ3v) is 5.69. The first-order valence-corrected chi connectivity index (χ1v) is 7.11. The number of carbonyl (C=O) groups is 1. The van der Waals surface area contributed by atoms with E-state index in [2.05, 4.69) is 13.8 Å². The molecule has 0 aromatic rings. The summed E-state index contributed by atoms with van der Waals surface area (Å²) >= 11 is 0. The number of hydrogen-bond acceptors (Lipinski definition) is 4. The minimum Gasteiger partial charge on any atom is -0.458 e. The zero-order chi connectivity index (χ0) is 13.8. The van der Waals surface area contributed by atoms with Gasteiger partial charge in [-0.2, -0.15) is 0 Å². The predicted molar refractivity (Wildman–Crippen MR) is 69.2 cm³/mol. The maximum Gasteiger partial charge on any atom is 0.334 e. The third kappa shape index (κ3) is 1.62. The Hall–Kier alpha value is -0.870. The van der Waals surface area contributed by atoms with Crippen molar-refractivity contribution in [2.45, 2.75) is 45.6 Å². The molecular formula is C15H22O4. The fraction of sp³-hybridized carbons (Fsp3) is 0.800. The number of ether oxygens (including phenoxy) is 1. The molecule has 0 aromatic heterocycles. The molecule has 1 heterocycles. The van der Waals surface area contributed by atoms with E-state index in [1.54, 1.807) is 0 Å². The first kappa shape index (κ1) is 13.1. The summed E-state index contributed by atoms with van der Waals surface area (Å²) in [6.45, 7) is 4.64. The van der Waals surface area contributed by atoms with Gasteiger partial charge < -0.3 is 14.9 Å². The van der Waals surface area contributed by atoms with Gasteiger partial charge in [-0.15, -0.1) is 0 Å².